The van der Waals surface area contributed by atoms with E-state index < -0.39 is 0 Å². The lowest BCUT2D eigenvalue weighted by molar-refractivity contribution is -0.141. The summed E-state index contributed by atoms with van der Waals surface area (Å²) in [5.74, 6) is -0.287. The highest BCUT2D eigenvalue weighted by Crippen LogP contribution is 2.10. The fraction of sp³-hybridized carbons (Fsp3) is 0.333. The molecule has 1 rings (SSSR count). The van der Waals surface area contributed by atoms with E-state index in [1.807, 2.05) is 36.6 Å². The number of carbonyl (C=O) groups excluding carboxylic acids is 1. The van der Waals surface area contributed by atoms with E-state index in [1.54, 1.807) is 6.92 Å². The van der Waals surface area contributed by atoms with Crippen molar-refractivity contribution in [2.24, 2.45) is 4.99 Å². The second kappa shape index (κ2) is 7.06. The van der Waals surface area contributed by atoms with Crippen LogP contribution in [0, 0.1) is 0 Å². The van der Waals surface area contributed by atoms with Gasteiger partial charge in [0.05, 0.1) is 11.7 Å². The van der Waals surface area contributed by atoms with Crippen molar-refractivity contribution in [3.05, 3.63) is 35.9 Å². The number of hydrogen-bond donors (Lipinski definition) is 0. The molecule has 0 aromatic heterocycles. The molecule has 0 radical (unpaired) electrons. The summed E-state index contributed by atoms with van der Waals surface area (Å²) in [7, 11) is 0. The van der Waals surface area contributed by atoms with Crippen molar-refractivity contribution in [3.8, 4) is 0 Å². The van der Waals surface area contributed by atoms with Crippen LogP contribution < -0.4 is 0 Å². The van der Waals surface area contributed by atoms with Crippen molar-refractivity contribution in [2.75, 3.05) is 19.4 Å². The van der Waals surface area contributed by atoms with E-state index in [2.05, 4.69) is 4.99 Å². The lowest BCUT2D eigenvalue weighted by Crippen LogP contribution is -2.09. The van der Waals surface area contributed by atoms with Crippen molar-refractivity contribution in [1.82, 2.24) is 0 Å². The second-order valence-electron chi connectivity index (χ2n) is 3.00. The first-order valence-corrected chi connectivity index (χ1v) is 6.30. The van der Waals surface area contributed by atoms with E-state index in [0.29, 0.717) is 6.61 Å². The highest BCUT2D eigenvalue weighted by Gasteiger charge is 2.03. The molecule has 0 fully saturated rings. The Labute approximate surface area is 99.9 Å². The van der Waals surface area contributed by atoms with Gasteiger partial charge in [0, 0.05) is 5.56 Å². The zero-order chi connectivity index (χ0) is 11.8. The van der Waals surface area contributed by atoms with Gasteiger partial charge >= 0.3 is 5.97 Å². The van der Waals surface area contributed by atoms with Gasteiger partial charge in [0.15, 0.2) is 0 Å². The predicted octanol–water partition coefficient (Wildman–Crippen LogP) is 2.36. The number of esters is 1. The van der Waals surface area contributed by atoms with Crippen molar-refractivity contribution >= 4 is 22.8 Å². The van der Waals surface area contributed by atoms with Crippen molar-refractivity contribution in [1.29, 1.82) is 0 Å². The Hall–Kier alpha value is -1.29. The third-order valence-electron chi connectivity index (χ3n) is 1.87. The molecular formula is C12H15NO2S. The highest BCUT2D eigenvalue weighted by atomic mass is 32.2. The second-order valence-corrected chi connectivity index (χ2v) is 3.79. The number of nitrogens with zero attached hydrogens (tertiary/aromatic N) is 1. The first kappa shape index (κ1) is 12.8. The summed E-state index contributed by atoms with van der Waals surface area (Å²) in [4.78, 5) is 15.4. The molecule has 0 saturated carbocycles. The van der Waals surface area contributed by atoms with E-state index in [1.165, 1.54) is 11.8 Å². The lowest BCUT2D eigenvalue weighted by atomic mass is 10.2. The summed E-state index contributed by atoms with van der Waals surface area (Å²) in [5, 5.41) is 0.855. The molecule has 3 nitrogen and oxygen atoms in total. The molecule has 0 unspecified atom stereocenters. The lowest BCUT2D eigenvalue weighted by Gasteiger charge is -2.03. The molecule has 0 saturated heterocycles. The van der Waals surface area contributed by atoms with Crippen LogP contribution in [0.25, 0.3) is 0 Å². The molecule has 1 aromatic carbocycles. The molecule has 0 N–H and O–H groups in total. The fourth-order valence-corrected chi connectivity index (χ4v) is 1.76. The molecule has 86 valence electrons. The number of thioether (sulfide) groups is 1. The van der Waals surface area contributed by atoms with Crippen LogP contribution in [0.1, 0.15) is 12.5 Å². The largest absolute Gasteiger partial charge is 0.465 e. The Morgan fingerprint density at radius 3 is 2.62 bits per heavy atom. The highest BCUT2D eigenvalue weighted by molar-refractivity contribution is 8.13. The third kappa shape index (κ3) is 4.06. The minimum Gasteiger partial charge on any atom is -0.465 e. The molecule has 0 heterocycles. The number of ether oxygens (including phenoxy) is 1. The normalized spacial score (nSPS) is 11.2. The Kier molecular flexibility index (Phi) is 5.64. The average Bonchev–Trinajstić information content (AvgIpc) is 2.31. The van der Waals surface area contributed by atoms with Crippen LogP contribution in [-0.4, -0.2) is 30.4 Å². The fourth-order valence-electron chi connectivity index (χ4n) is 1.20. The van der Waals surface area contributed by atoms with Gasteiger partial charge in [-0.1, -0.05) is 30.3 Å². The molecule has 0 atom stereocenters. The van der Waals surface area contributed by atoms with E-state index >= 15 is 0 Å². The van der Waals surface area contributed by atoms with Gasteiger partial charge in [-0.05, 0) is 13.2 Å². The summed E-state index contributed by atoms with van der Waals surface area (Å²) >= 11 is 1.53. The van der Waals surface area contributed by atoms with E-state index in [0.717, 1.165) is 10.6 Å². The molecule has 0 aliphatic heterocycles. The number of hydrogen-bond acceptors (Lipinski definition) is 4. The zero-order valence-electron chi connectivity index (χ0n) is 9.47. The maximum absolute atomic E-state index is 11.2. The van der Waals surface area contributed by atoms with Gasteiger partial charge < -0.3 is 4.74 Å². The minimum absolute atomic E-state index is 0.0822. The van der Waals surface area contributed by atoms with Crippen LogP contribution in [0.15, 0.2) is 35.3 Å². The summed E-state index contributed by atoms with van der Waals surface area (Å²) in [6.45, 7) is 2.27. The molecule has 0 spiro atoms. The Morgan fingerprint density at radius 2 is 2.06 bits per heavy atom. The van der Waals surface area contributed by atoms with Crippen molar-refractivity contribution in [2.45, 2.75) is 6.92 Å². The summed E-state index contributed by atoms with van der Waals surface area (Å²) in [6.07, 6.45) is 1.94. The maximum Gasteiger partial charge on any atom is 0.327 e. The van der Waals surface area contributed by atoms with E-state index in [-0.39, 0.29) is 12.5 Å². The topological polar surface area (TPSA) is 38.7 Å². The average molecular weight is 237 g/mol. The Bertz CT molecular complexity index is 363. The van der Waals surface area contributed by atoms with Crippen LogP contribution in [0.5, 0.6) is 0 Å². The van der Waals surface area contributed by atoms with Crippen LogP contribution in [-0.2, 0) is 9.53 Å². The smallest absolute Gasteiger partial charge is 0.327 e. The quantitative estimate of drug-likeness (QED) is 0.458. The summed E-state index contributed by atoms with van der Waals surface area (Å²) in [6, 6.07) is 9.80. The first-order valence-electron chi connectivity index (χ1n) is 5.07. The molecule has 0 bridgehead atoms. The molecular weight excluding hydrogens is 222 g/mol. The van der Waals surface area contributed by atoms with Gasteiger partial charge in [0.25, 0.3) is 0 Å². The maximum atomic E-state index is 11.2. The standard InChI is InChI=1S/C12H15NO2S/c1-3-15-11(14)9-13-12(16-2)10-7-5-4-6-8-10/h4-8H,3,9H2,1-2H3. The monoisotopic (exact) mass is 237 g/mol. The third-order valence-corrected chi connectivity index (χ3v) is 2.62. The summed E-state index contributed by atoms with van der Waals surface area (Å²) < 4.78 is 4.82. The van der Waals surface area contributed by atoms with Crippen LogP contribution in [0.3, 0.4) is 0 Å². The van der Waals surface area contributed by atoms with Gasteiger partial charge in [-0.2, -0.15) is 0 Å². The minimum atomic E-state index is -0.287. The van der Waals surface area contributed by atoms with Crippen LogP contribution in [0.2, 0.25) is 0 Å². The molecule has 16 heavy (non-hydrogen) atoms. The Balaban J connectivity index is 2.68. The number of benzene rings is 1. The van der Waals surface area contributed by atoms with Gasteiger partial charge in [-0.25, -0.2) is 0 Å². The molecule has 1 aromatic rings. The van der Waals surface area contributed by atoms with Crippen molar-refractivity contribution < 1.29 is 9.53 Å². The Morgan fingerprint density at radius 1 is 1.38 bits per heavy atom. The van der Waals surface area contributed by atoms with Crippen LogP contribution in [0.4, 0.5) is 0 Å². The van der Waals surface area contributed by atoms with Gasteiger partial charge in [-0.15, -0.1) is 11.8 Å². The number of rotatable bonds is 4. The number of aliphatic imine (C=N–C) groups is 1. The first-order chi connectivity index (χ1) is 7.77. The SMILES string of the molecule is CCOC(=O)CN=C(SC)c1ccccc1. The molecule has 0 amide bonds. The van der Waals surface area contributed by atoms with Gasteiger partial charge in [0.2, 0.25) is 0 Å². The zero-order valence-corrected chi connectivity index (χ0v) is 10.3. The van der Waals surface area contributed by atoms with Gasteiger partial charge in [-0.3, -0.25) is 9.79 Å². The van der Waals surface area contributed by atoms with Crippen molar-refractivity contribution in [3.63, 3.8) is 0 Å². The van der Waals surface area contributed by atoms with Crippen LogP contribution >= 0.6 is 11.8 Å². The van der Waals surface area contributed by atoms with Gasteiger partial charge in [0.1, 0.15) is 6.54 Å². The van der Waals surface area contributed by atoms with E-state index in [4.69, 9.17) is 4.74 Å². The predicted molar refractivity (Wildman–Crippen MR) is 68.0 cm³/mol. The summed E-state index contributed by atoms with van der Waals surface area (Å²) in [5.41, 5.74) is 1.03. The van der Waals surface area contributed by atoms with E-state index in [9.17, 15) is 4.79 Å². The molecule has 0 aliphatic carbocycles. The molecule has 4 heteroatoms. The number of carbonyl (C=O) groups is 1. The molecule has 0 aliphatic rings.